The molecule has 13 heavy (non-hydrogen) atoms. The zero-order chi connectivity index (χ0) is 9.64. The van der Waals surface area contributed by atoms with Gasteiger partial charge in [0.15, 0.2) is 0 Å². The average molecular weight is 181 g/mol. The van der Waals surface area contributed by atoms with Gasteiger partial charge in [-0.1, -0.05) is 27.2 Å². The van der Waals surface area contributed by atoms with Crippen LogP contribution in [0.2, 0.25) is 0 Å². The van der Waals surface area contributed by atoms with Crippen LogP contribution in [0, 0.1) is 11.3 Å². The second kappa shape index (κ2) is 2.98. The van der Waals surface area contributed by atoms with E-state index in [0.29, 0.717) is 5.41 Å². The molecule has 1 nitrogen and oxygen atoms in total. The fourth-order valence-corrected chi connectivity index (χ4v) is 3.39. The highest BCUT2D eigenvalue weighted by molar-refractivity contribution is 4.99. The predicted molar refractivity (Wildman–Crippen MR) is 56.8 cm³/mol. The molecule has 2 fully saturated rings. The molecule has 0 aromatic rings. The Kier molecular flexibility index (Phi) is 2.18. The van der Waals surface area contributed by atoms with Crippen molar-refractivity contribution in [2.24, 2.45) is 11.3 Å². The molecule has 0 spiro atoms. The highest BCUT2D eigenvalue weighted by atomic mass is 15.2. The Morgan fingerprint density at radius 2 is 1.85 bits per heavy atom. The predicted octanol–water partition coefficient (Wildman–Crippen LogP) is 2.91. The van der Waals surface area contributed by atoms with Crippen LogP contribution in [0.1, 0.15) is 46.5 Å². The molecular weight excluding hydrogens is 158 g/mol. The van der Waals surface area contributed by atoms with E-state index in [-0.39, 0.29) is 0 Å². The first-order valence-corrected chi connectivity index (χ1v) is 5.72. The van der Waals surface area contributed by atoms with Gasteiger partial charge in [-0.25, -0.2) is 0 Å². The van der Waals surface area contributed by atoms with Crippen molar-refractivity contribution in [1.29, 1.82) is 0 Å². The van der Waals surface area contributed by atoms with Crippen molar-refractivity contribution in [3.05, 3.63) is 0 Å². The molecule has 2 rings (SSSR count). The van der Waals surface area contributed by atoms with Crippen LogP contribution in [0.15, 0.2) is 0 Å². The number of fused-ring (bicyclic) bond motifs is 2. The molecule has 0 aromatic heterocycles. The Balaban J connectivity index is 2.16. The van der Waals surface area contributed by atoms with Gasteiger partial charge in [0.25, 0.3) is 0 Å². The van der Waals surface area contributed by atoms with Crippen molar-refractivity contribution < 1.29 is 0 Å². The van der Waals surface area contributed by atoms with Gasteiger partial charge in [-0.2, -0.15) is 0 Å². The van der Waals surface area contributed by atoms with Crippen LogP contribution in [0.4, 0.5) is 0 Å². The van der Waals surface area contributed by atoms with Crippen molar-refractivity contribution in [3.63, 3.8) is 0 Å². The molecule has 2 bridgehead atoms. The molecule has 2 heterocycles. The summed E-state index contributed by atoms with van der Waals surface area (Å²) in [7, 11) is 2.33. The molecule has 0 radical (unpaired) electrons. The third-order valence-corrected chi connectivity index (χ3v) is 4.24. The van der Waals surface area contributed by atoms with Gasteiger partial charge in [0, 0.05) is 12.1 Å². The molecule has 0 N–H and O–H groups in total. The van der Waals surface area contributed by atoms with Crippen molar-refractivity contribution in [3.8, 4) is 0 Å². The summed E-state index contributed by atoms with van der Waals surface area (Å²) in [6, 6.07) is 1.79. The minimum Gasteiger partial charge on any atom is -0.300 e. The number of piperidine rings is 1. The zero-order valence-corrected chi connectivity index (χ0v) is 9.51. The lowest BCUT2D eigenvalue weighted by Crippen LogP contribution is -2.39. The summed E-state index contributed by atoms with van der Waals surface area (Å²) < 4.78 is 0. The Labute approximate surface area is 82.5 Å². The minimum atomic E-state index is 0.512. The maximum atomic E-state index is 2.65. The molecule has 2 saturated heterocycles. The second-order valence-electron chi connectivity index (χ2n) is 6.03. The van der Waals surface area contributed by atoms with Crippen LogP contribution in [0.3, 0.4) is 0 Å². The van der Waals surface area contributed by atoms with E-state index in [1.54, 1.807) is 0 Å². The highest BCUT2D eigenvalue weighted by Gasteiger charge is 2.45. The molecule has 2 aliphatic heterocycles. The van der Waals surface area contributed by atoms with Crippen LogP contribution in [0.25, 0.3) is 0 Å². The van der Waals surface area contributed by atoms with E-state index in [9.17, 15) is 0 Å². The van der Waals surface area contributed by atoms with Gasteiger partial charge in [0.05, 0.1) is 0 Å². The van der Waals surface area contributed by atoms with Gasteiger partial charge in [-0.3, -0.25) is 0 Å². The smallest absolute Gasteiger partial charge is 0.0129 e. The average Bonchev–Trinajstić information content (AvgIpc) is 2.27. The second-order valence-corrected chi connectivity index (χ2v) is 6.03. The molecular formula is C12H23N. The number of hydrogen-bond acceptors (Lipinski definition) is 1. The largest absolute Gasteiger partial charge is 0.300 e. The van der Waals surface area contributed by atoms with Gasteiger partial charge in [0.2, 0.25) is 0 Å². The van der Waals surface area contributed by atoms with Gasteiger partial charge in [-0.15, -0.1) is 0 Å². The molecule has 0 amide bonds. The standard InChI is InChI=1S/C12H23N/c1-12(2,3)10-8-9-6-5-7-11(10)13(9)4/h9-11H,5-8H2,1-4H3. The van der Waals surface area contributed by atoms with Crippen molar-refractivity contribution in [2.75, 3.05) is 7.05 Å². The Bertz CT molecular complexity index is 192. The molecule has 2 aliphatic rings. The molecule has 76 valence electrons. The summed E-state index contributed by atoms with van der Waals surface area (Å²) in [5, 5.41) is 0. The Hall–Kier alpha value is -0.0400. The molecule has 0 aliphatic carbocycles. The molecule has 0 saturated carbocycles. The van der Waals surface area contributed by atoms with E-state index in [1.807, 2.05) is 0 Å². The first-order chi connectivity index (χ1) is 6.00. The van der Waals surface area contributed by atoms with Crippen molar-refractivity contribution in [2.45, 2.75) is 58.5 Å². The fourth-order valence-electron chi connectivity index (χ4n) is 3.39. The zero-order valence-electron chi connectivity index (χ0n) is 9.51. The molecule has 0 aromatic carbocycles. The van der Waals surface area contributed by atoms with Gasteiger partial charge in [0.1, 0.15) is 0 Å². The lowest BCUT2D eigenvalue weighted by Gasteiger charge is -2.36. The van der Waals surface area contributed by atoms with E-state index in [4.69, 9.17) is 0 Å². The SMILES string of the molecule is CN1C2CCCC1C(C(C)(C)C)C2. The monoisotopic (exact) mass is 181 g/mol. The van der Waals surface area contributed by atoms with Crippen LogP contribution in [0.5, 0.6) is 0 Å². The number of nitrogens with zero attached hydrogens (tertiary/aromatic N) is 1. The summed E-state index contributed by atoms with van der Waals surface area (Å²) in [6.07, 6.45) is 5.80. The van der Waals surface area contributed by atoms with E-state index in [0.717, 1.165) is 18.0 Å². The van der Waals surface area contributed by atoms with Gasteiger partial charge >= 0.3 is 0 Å². The third kappa shape index (κ3) is 1.52. The third-order valence-electron chi connectivity index (χ3n) is 4.24. The normalized spacial score (nSPS) is 41.1. The minimum absolute atomic E-state index is 0.512. The summed E-state index contributed by atoms with van der Waals surface area (Å²) in [5.74, 6) is 0.935. The fraction of sp³-hybridized carbons (Fsp3) is 1.00. The lowest BCUT2D eigenvalue weighted by molar-refractivity contribution is 0.128. The van der Waals surface area contributed by atoms with Crippen LogP contribution in [-0.2, 0) is 0 Å². The van der Waals surface area contributed by atoms with Gasteiger partial charge in [-0.05, 0) is 37.6 Å². The summed E-state index contributed by atoms with van der Waals surface area (Å²) in [6.45, 7) is 7.23. The lowest BCUT2D eigenvalue weighted by atomic mass is 9.75. The Morgan fingerprint density at radius 1 is 1.15 bits per heavy atom. The summed E-state index contributed by atoms with van der Waals surface area (Å²) in [5.41, 5.74) is 0.512. The maximum Gasteiger partial charge on any atom is 0.0129 e. The van der Waals surface area contributed by atoms with Crippen LogP contribution >= 0.6 is 0 Å². The first kappa shape index (κ1) is 9.51. The van der Waals surface area contributed by atoms with Crippen LogP contribution < -0.4 is 0 Å². The first-order valence-electron chi connectivity index (χ1n) is 5.72. The van der Waals surface area contributed by atoms with Crippen molar-refractivity contribution in [1.82, 2.24) is 4.90 Å². The summed E-state index contributed by atoms with van der Waals surface area (Å²) in [4.78, 5) is 2.65. The maximum absolute atomic E-state index is 2.65. The topological polar surface area (TPSA) is 3.24 Å². The summed E-state index contributed by atoms with van der Waals surface area (Å²) >= 11 is 0. The quantitative estimate of drug-likeness (QED) is 0.555. The molecule has 3 atom stereocenters. The Morgan fingerprint density at radius 3 is 2.38 bits per heavy atom. The van der Waals surface area contributed by atoms with Crippen LogP contribution in [-0.4, -0.2) is 24.0 Å². The number of hydrogen-bond donors (Lipinski definition) is 0. The molecule has 1 heteroatoms. The van der Waals surface area contributed by atoms with E-state index in [2.05, 4.69) is 32.7 Å². The van der Waals surface area contributed by atoms with E-state index in [1.165, 1.54) is 25.7 Å². The van der Waals surface area contributed by atoms with Crippen molar-refractivity contribution >= 4 is 0 Å². The number of rotatable bonds is 0. The highest BCUT2D eigenvalue weighted by Crippen LogP contribution is 2.46. The van der Waals surface area contributed by atoms with E-state index >= 15 is 0 Å². The van der Waals surface area contributed by atoms with E-state index < -0.39 is 0 Å². The van der Waals surface area contributed by atoms with Gasteiger partial charge < -0.3 is 4.90 Å². The molecule has 3 unspecified atom stereocenters.